The number of nitrogens with one attached hydrogen (secondary N) is 2. The van der Waals surface area contributed by atoms with E-state index in [9.17, 15) is 23.2 Å². The molecule has 3 rings (SSSR count). The third-order valence-electron chi connectivity index (χ3n) is 4.44. The lowest BCUT2D eigenvalue weighted by Gasteiger charge is -2.11. The number of ether oxygens (including phenoxy) is 3. The number of anilines is 2. The second-order valence-electron chi connectivity index (χ2n) is 6.73. The van der Waals surface area contributed by atoms with Gasteiger partial charge >= 0.3 is 12.6 Å². The Morgan fingerprint density at radius 3 is 2.18 bits per heavy atom. The van der Waals surface area contributed by atoms with Crippen molar-refractivity contribution in [3.05, 3.63) is 83.9 Å². The molecule has 0 unspecified atom stereocenters. The van der Waals surface area contributed by atoms with Gasteiger partial charge in [0.15, 0.2) is 6.61 Å². The summed E-state index contributed by atoms with van der Waals surface area (Å²) >= 11 is 0. The van der Waals surface area contributed by atoms with Crippen molar-refractivity contribution in [3.63, 3.8) is 0 Å². The van der Waals surface area contributed by atoms with Gasteiger partial charge in [0.25, 0.3) is 11.8 Å². The van der Waals surface area contributed by atoms with Crippen LogP contribution in [0.4, 0.5) is 20.2 Å². The van der Waals surface area contributed by atoms with E-state index in [1.165, 1.54) is 55.6 Å². The fraction of sp³-hybridized carbons (Fsp3) is 0.125. The molecule has 34 heavy (non-hydrogen) atoms. The molecule has 0 aliphatic heterocycles. The number of hydrogen-bond donors (Lipinski definition) is 2. The molecule has 0 heterocycles. The molecule has 3 aromatic rings. The highest BCUT2D eigenvalue weighted by molar-refractivity contribution is 6.05. The summed E-state index contributed by atoms with van der Waals surface area (Å²) < 4.78 is 39.3. The van der Waals surface area contributed by atoms with Gasteiger partial charge in [-0.2, -0.15) is 8.78 Å². The van der Waals surface area contributed by atoms with Gasteiger partial charge in [-0.3, -0.25) is 9.59 Å². The fourth-order valence-electron chi connectivity index (χ4n) is 2.89. The molecule has 0 bridgehead atoms. The number of rotatable bonds is 9. The van der Waals surface area contributed by atoms with Gasteiger partial charge in [0.05, 0.1) is 12.8 Å². The highest BCUT2D eigenvalue weighted by Gasteiger charge is 2.18. The number of benzene rings is 3. The largest absolute Gasteiger partial charge is 0.495 e. The van der Waals surface area contributed by atoms with Gasteiger partial charge in [-0.1, -0.05) is 24.3 Å². The van der Waals surface area contributed by atoms with Crippen molar-refractivity contribution in [1.82, 2.24) is 0 Å². The number of esters is 1. The Balaban J connectivity index is 1.54. The smallest absolute Gasteiger partial charge is 0.387 e. The van der Waals surface area contributed by atoms with Gasteiger partial charge in [0, 0.05) is 11.3 Å². The van der Waals surface area contributed by atoms with Crippen LogP contribution in [0.5, 0.6) is 11.5 Å². The van der Waals surface area contributed by atoms with E-state index in [1.54, 1.807) is 24.3 Å². The molecule has 3 aromatic carbocycles. The zero-order valence-corrected chi connectivity index (χ0v) is 17.9. The number of halogens is 2. The second kappa shape index (κ2) is 11.4. The average molecular weight is 470 g/mol. The van der Waals surface area contributed by atoms with Crippen LogP contribution in [0, 0.1) is 0 Å². The summed E-state index contributed by atoms with van der Waals surface area (Å²) in [5.41, 5.74) is 0.970. The fourth-order valence-corrected chi connectivity index (χ4v) is 2.89. The van der Waals surface area contributed by atoms with Crippen LogP contribution < -0.4 is 20.1 Å². The predicted octanol–water partition coefficient (Wildman–Crippen LogP) is 4.34. The number of carbonyl (C=O) groups excluding carboxylic acids is 3. The van der Waals surface area contributed by atoms with Crippen LogP contribution in [0.1, 0.15) is 20.7 Å². The minimum atomic E-state index is -3.11. The summed E-state index contributed by atoms with van der Waals surface area (Å²) in [4.78, 5) is 36.7. The molecule has 2 N–H and O–H groups in total. The first kappa shape index (κ1) is 24.2. The summed E-state index contributed by atoms with van der Waals surface area (Å²) in [6, 6.07) is 18.3. The maximum absolute atomic E-state index is 12.5. The highest BCUT2D eigenvalue weighted by Crippen LogP contribution is 2.24. The zero-order chi connectivity index (χ0) is 24.5. The van der Waals surface area contributed by atoms with E-state index in [-0.39, 0.29) is 17.2 Å². The zero-order valence-electron chi connectivity index (χ0n) is 17.9. The Morgan fingerprint density at radius 1 is 0.853 bits per heavy atom. The molecular formula is C24H20F2N2O6. The van der Waals surface area contributed by atoms with Crippen LogP contribution in [0.25, 0.3) is 0 Å². The Hall–Kier alpha value is -4.47. The molecule has 0 spiro atoms. The molecule has 0 saturated heterocycles. The van der Waals surface area contributed by atoms with Crippen LogP contribution in [0.3, 0.4) is 0 Å². The maximum Gasteiger partial charge on any atom is 0.387 e. The predicted molar refractivity (Wildman–Crippen MR) is 119 cm³/mol. The van der Waals surface area contributed by atoms with E-state index < -0.39 is 25.1 Å². The lowest BCUT2D eigenvalue weighted by molar-refractivity contribution is -0.119. The number of alkyl halides is 2. The summed E-state index contributed by atoms with van der Waals surface area (Å²) in [6.07, 6.45) is 0. The van der Waals surface area contributed by atoms with E-state index >= 15 is 0 Å². The first-order valence-electron chi connectivity index (χ1n) is 9.92. The van der Waals surface area contributed by atoms with Gasteiger partial charge < -0.3 is 24.8 Å². The van der Waals surface area contributed by atoms with Crippen molar-refractivity contribution >= 4 is 29.2 Å². The van der Waals surface area contributed by atoms with E-state index in [0.29, 0.717) is 22.7 Å². The molecule has 0 radical (unpaired) electrons. The first-order chi connectivity index (χ1) is 16.4. The van der Waals surface area contributed by atoms with Gasteiger partial charge in [-0.25, -0.2) is 4.79 Å². The van der Waals surface area contributed by atoms with Crippen molar-refractivity contribution < 1.29 is 37.4 Å². The lowest BCUT2D eigenvalue weighted by atomic mass is 10.2. The molecule has 0 fully saturated rings. The monoisotopic (exact) mass is 470 g/mol. The Kier molecular flexibility index (Phi) is 8.11. The molecule has 176 valence electrons. The van der Waals surface area contributed by atoms with Crippen LogP contribution in [0.2, 0.25) is 0 Å². The molecule has 0 saturated carbocycles. The van der Waals surface area contributed by atoms with Crippen LogP contribution >= 0.6 is 0 Å². The van der Waals surface area contributed by atoms with Gasteiger partial charge in [0.1, 0.15) is 17.1 Å². The van der Waals surface area contributed by atoms with Crippen molar-refractivity contribution in [2.75, 3.05) is 24.4 Å². The van der Waals surface area contributed by atoms with Crippen molar-refractivity contribution in [2.45, 2.75) is 6.61 Å². The molecule has 10 heteroatoms. The summed E-state index contributed by atoms with van der Waals surface area (Å²) in [5, 5.41) is 5.25. The number of amides is 2. The standard InChI is InChI=1S/C24H20F2N2O6/c1-32-20-9-5-3-7-18(20)28-22(30)15-10-12-16(13-11-15)27-21(29)14-33-23(31)17-6-2-4-8-19(17)34-24(25)26/h2-13,24H,14H2,1H3,(H,27,29)(H,28,30). The SMILES string of the molecule is COc1ccccc1NC(=O)c1ccc(NC(=O)COC(=O)c2ccccc2OC(F)F)cc1. The molecule has 0 atom stereocenters. The summed E-state index contributed by atoms with van der Waals surface area (Å²) in [5.74, 6) is -1.87. The minimum absolute atomic E-state index is 0.235. The van der Waals surface area contributed by atoms with Crippen LogP contribution in [0.15, 0.2) is 72.8 Å². The number of methoxy groups -OCH3 is 1. The molecular weight excluding hydrogens is 450 g/mol. The van der Waals surface area contributed by atoms with Crippen molar-refractivity contribution in [2.24, 2.45) is 0 Å². The van der Waals surface area contributed by atoms with E-state index in [2.05, 4.69) is 15.4 Å². The summed E-state index contributed by atoms with van der Waals surface area (Å²) in [7, 11) is 1.50. The van der Waals surface area contributed by atoms with Crippen LogP contribution in [-0.2, 0) is 9.53 Å². The first-order valence-corrected chi connectivity index (χ1v) is 9.92. The van der Waals surface area contributed by atoms with E-state index in [4.69, 9.17) is 9.47 Å². The van der Waals surface area contributed by atoms with Crippen molar-refractivity contribution in [3.8, 4) is 11.5 Å². The highest BCUT2D eigenvalue weighted by atomic mass is 19.3. The third-order valence-corrected chi connectivity index (χ3v) is 4.44. The van der Waals surface area contributed by atoms with Gasteiger partial charge in [0.2, 0.25) is 0 Å². The minimum Gasteiger partial charge on any atom is -0.495 e. The van der Waals surface area contributed by atoms with Gasteiger partial charge in [-0.05, 0) is 48.5 Å². The average Bonchev–Trinajstić information content (AvgIpc) is 2.83. The normalized spacial score (nSPS) is 10.4. The van der Waals surface area contributed by atoms with Gasteiger partial charge in [-0.15, -0.1) is 0 Å². The third kappa shape index (κ3) is 6.52. The molecule has 2 amide bonds. The molecule has 0 aliphatic carbocycles. The molecule has 8 nitrogen and oxygen atoms in total. The Morgan fingerprint density at radius 2 is 1.50 bits per heavy atom. The molecule has 0 aliphatic rings. The topological polar surface area (TPSA) is 103 Å². The number of hydrogen-bond acceptors (Lipinski definition) is 6. The number of carbonyl (C=O) groups is 3. The quantitative estimate of drug-likeness (QED) is 0.451. The van der Waals surface area contributed by atoms with E-state index in [1.807, 2.05) is 0 Å². The Labute approximate surface area is 193 Å². The Bertz CT molecular complexity index is 1170. The van der Waals surface area contributed by atoms with Crippen LogP contribution in [-0.4, -0.2) is 38.1 Å². The maximum atomic E-state index is 12.5. The number of para-hydroxylation sites is 3. The summed E-state index contributed by atoms with van der Waals surface area (Å²) in [6.45, 7) is -3.77. The van der Waals surface area contributed by atoms with Crippen molar-refractivity contribution in [1.29, 1.82) is 0 Å². The second-order valence-corrected chi connectivity index (χ2v) is 6.73. The van der Waals surface area contributed by atoms with E-state index in [0.717, 1.165) is 0 Å². The molecule has 0 aromatic heterocycles. The lowest BCUT2D eigenvalue weighted by Crippen LogP contribution is -2.21.